The Morgan fingerprint density at radius 3 is 2.34 bits per heavy atom. The molecule has 0 unspecified atom stereocenters. The molecule has 0 saturated carbocycles. The standard InChI is InChI=1S/C26H23NO5/c1-16-8-11-20(14-17(16)2)31-15-23(28)27-24-21-6-4-5-7-22(21)32-26(24)25(29)18-9-12-19(30-3)13-10-18/h4-14H,15H2,1-3H3,(H,27,28). The van der Waals surface area contributed by atoms with Crippen LogP contribution in [0.25, 0.3) is 11.0 Å². The van der Waals surface area contributed by atoms with E-state index < -0.39 is 5.91 Å². The molecule has 1 amide bonds. The highest BCUT2D eigenvalue weighted by molar-refractivity contribution is 6.17. The van der Waals surface area contributed by atoms with Gasteiger partial charge in [-0.05, 0) is 73.5 Å². The number of ketones is 1. The van der Waals surface area contributed by atoms with Crippen LogP contribution >= 0.6 is 0 Å². The molecule has 1 aromatic heterocycles. The molecule has 1 heterocycles. The number of hydrogen-bond donors (Lipinski definition) is 1. The zero-order valence-electron chi connectivity index (χ0n) is 18.1. The van der Waals surface area contributed by atoms with E-state index in [2.05, 4.69) is 5.32 Å². The van der Waals surface area contributed by atoms with Gasteiger partial charge in [0.1, 0.15) is 17.1 Å². The monoisotopic (exact) mass is 429 g/mol. The Morgan fingerprint density at radius 2 is 1.62 bits per heavy atom. The lowest BCUT2D eigenvalue weighted by molar-refractivity contribution is -0.118. The molecule has 0 spiro atoms. The van der Waals surface area contributed by atoms with Crippen molar-refractivity contribution in [3.63, 3.8) is 0 Å². The number of carbonyl (C=O) groups excluding carboxylic acids is 2. The van der Waals surface area contributed by atoms with Gasteiger partial charge in [-0.3, -0.25) is 9.59 Å². The van der Waals surface area contributed by atoms with Gasteiger partial charge in [-0.1, -0.05) is 18.2 Å². The number of anilines is 1. The predicted octanol–water partition coefficient (Wildman–Crippen LogP) is 5.31. The molecule has 0 radical (unpaired) electrons. The number of amides is 1. The summed E-state index contributed by atoms with van der Waals surface area (Å²) in [6.07, 6.45) is 0. The van der Waals surface area contributed by atoms with Gasteiger partial charge < -0.3 is 19.2 Å². The van der Waals surface area contributed by atoms with Gasteiger partial charge in [0.2, 0.25) is 5.78 Å². The second-order valence-electron chi connectivity index (χ2n) is 7.44. The largest absolute Gasteiger partial charge is 0.497 e. The van der Waals surface area contributed by atoms with Crippen LogP contribution in [0.3, 0.4) is 0 Å². The van der Waals surface area contributed by atoms with E-state index in [-0.39, 0.29) is 18.2 Å². The smallest absolute Gasteiger partial charge is 0.262 e. The molecule has 0 bridgehead atoms. The molecule has 0 atom stereocenters. The number of para-hydroxylation sites is 1. The second-order valence-corrected chi connectivity index (χ2v) is 7.44. The van der Waals surface area contributed by atoms with E-state index in [9.17, 15) is 9.59 Å². The van der Waals surface area contributed by atoms with Crippen molar-refractivity contribution in [2.75, 3.05) is 19.0 Å². The minimum atomic E-state index is -0.390. The molecule has 32 heavy (non-hydrogen) atoms. The fourth-order valence-corrected chi connectivity index (χ4v) is 3.33. The Kier molecular flexibility index (Phi) is 5.94. The van der Waals surface area contributed by atoms with Crippen LogP contribution in [-0.4, -0.2) is 25.4 Å². The zero-order valence-corrected chi connectivity index (χ0v) is 18.1. The molecule has 0 aliphatic heterocycles. The van der Waals surface area contributed by atoms with Crippen molar-refractivity contribution < 1.29 is 23.5 Å². The molecule has 1 N–H and O–H groups in total. The Bertz CT molecular complexity index is 1290. The van der Waals surface area contributed by atoms with E-state index in [1.165, 1.54) is 0 Å². The number of ether oxygens (including phenoxy) is 2. The first kappa shape index (κ1) is 21.2. The number of benzene rings is 3. The van der Waals surface area contributed by atoms with Gasteiger partial charge in [0.25, 0.3) is 5.91 Å². The van der Waals surface area contributed by atoms with Gasteiger partial charge in [-0.2, -0.15) is 0 Å². The van der Waals surface area contributed by atoms with Crippen LogP contribution in [0.15, 0.2) is 71.1 Å². The molecular formula is C26H23NO5. The van der Waals surface area contributed by atoms with Crippen molar-refractivity contribution in [2.24, 2.45) is 0 Å². The third kappa shape index (κ3) is 4.34. The van der Waals surface area contributed by atoms with Crippen LogP contribution < -0.4 is 14.8 Å². The van der Waals surface area contributed by atoms with Crippen LogP contribution in [0.2, 0.25) is 0 Å². The van der Waals surface area contributed by atoms with E-state index in [1.54, 1.807) is 43.5 Å². The third-order valence-corrected chi connectivity index (χ3v) is 5.27. The highest BCUT2D eigenvalue weighted by Gasteiger charge is 2.23. The molecule has 4 rings (SSSR count). The molecular weight excluding hydrogens is 406 g/mol. The first-order valence-electron chi connectivity index (χ1n) is 10.2. The Balaban J connectivity index is 1.58. The number of nitrogens with one attached hydrogen (secondary N) is 1. The van der Waals surface area contributed by atoms with Gasteiger partial charge in [0, 0.05) is 10.9 Å². The van der Waals surface area contributed by atoms with E-state index in [1.807, 2.05) is 44.2 Å². The number of rotatable bonds is 7. The van der Waals surface area contributed by atoms with E-state index in [0.29, 0.717) is 33.7 Å². The van der Waals surface area contributed by atoms with Crippen LogP contribution in [-0.2, 0) is 4.79 Å². The van der Waals surface area contributed by atoms with Crippen LogP contribution in [0.4, 0.5) is 5.69 Å². The second kappa shape index (κ2) is 8.98. The molecule has 0 aliphatic rings. The van der Waals surface area contributed by atoms with Gasteiger partial charge >= 0.3 is 0 Å². The Morgan fingerprint density at radius 1 is 0.906 bits per heavy atom. The van der Waals surface area contributed by atoms with Crippen LogP contribution in [0, 0.1) is 13.8 Å². The average molecular weight is 429 g/mol. The molecule has 162 valence electrons. The molecule has 6 nitrogen and oxygen atoms in total. The van der Waals surface area contributed by atoms with Crippen molar-refractivity contribution in [3.05, 3.63) is 89.2 Å². The minimum Gasteiger partial charge on any atom is -0.497 e. The van der Waals surface area contributed by atoms with Crippen molar-refractivity contribution in [3.8, 4) is 11.5 Å². The maximum Gasteiger partial charge on any atom is 0.262 e. The number of methoxy groups -OCH3 is 1. The van der Waals surface area contributed by atoms with E-state index in [4.69, 9.17) is 13.9 Å². The maximum atomic E-state index is 13.1. The van der Waals surface area contributed by atoms with E-state index in [0.717, 1.165) is 11.1 Å². The molecule has 3 aromatic carbocycles. The highest BCUT2D eigenvalue weighted by Crippen LogP contribution is 2.32. The fraction of sp³-hybridized carbons (Fsp3) is 0.154. The summed E-state index contributed by atoms with van der Waals surface area (Å²) in [6.45, 7) is 3.80. The summed E-state index contributed by atoms with van der Waals surface area (Å²) >= 11 is 0. The summed E-state index contributed by atoms with van der Waals surface area (Å²) in [4.78, 5) is 25.8. The fourth-order valence-electron chi connectivity index (χ4n) is 3.33. The highest BCUT2D eigenvalue weighted by atomic mass is 16.5. The van der Waals surface area contributed by atoms with Gasteiger partial charge in [0.05, 0.1) is 12.8 Å². The molecule has 4 aromatic rings. The summed E-state index contributed by atoms with van der Waals surface area (Å²) in [5, 5.41) is 3.44. The van der Waals surface area contributed by atoms with Crippen molar-refractivity contribution >= 4 is 28.3 Å². The quantitative estimate of drug-likeness (QED) is 0.403. The summed E-state index contributed by atoms with van der Waals surface area (Å²) in [5.41, 5.74) is 3.49. The van der Waals surface area contributed by atoms with Gasteiger partial charge in [-0.15, -0.1) is 0 Å². The first-order valence-corrected chi connectivity index (χ1v) is 10.2. The van der Waals surface area contributed by atoms with Crippen molar-refractivity contribution in [1.29, 1.82) is 0 Å². The SMILES string of the molecule is COc1ccc(C(=O)c2oc3ccccc3c2NC(=O)COc2ccc(C)c(C)c2)cc1. The van der Waals surface area contributed by atoms with Crippen LogP contribution in [0.1, 0.15) is 27.2 Å². The molecule has 0 saturated heterocycles. The number of furan rings is 1. The summed E-state index contributed by atoms with van der Waals surface area (Å²) in [7, 11) is 1.56. The lowest BCUT2D eigenvalue weighted by Gasteiger charge is -2.09. The molecule has 0 fully saturated rings. The lowest BCUT2D eigenvalue weighted by atomic mass is 10.1. The van der Waals surface area contributed by atoms with Crippen LogP contribution in [0.5, 0.6) is 11.5 Å². The minimum absolute atomic E-state index is 0.0656. The van der Waals surface area contributed by atoms with Crippen molar-refractivity contribution in [2.45, 2.75) is 13.8 Å². The number of aryl methyl sites for hydroxylation is 2. The number of hydrogen-bond acceptors (Lipinski definition) is 5. The zero-order chi connectivity index (χ0) is 22.7. The molecule has 6 heteroatoms. The Hall–Kier alpha value is -4.06. The number of fused-ring (bicyclic) bond motifs is 1. The van der Waals surface area contributed by atoms with Gasteiger partial charge in [-0.25, -0.2) is 0 Å². The lowest BCUT2D eigenvalue weighted by Crippen LogP contribution is -2.21. The summed E-state index contributed by atoms with van der Waals surface area (Å²) < 4.78 is 16.6. The normalized spacial score (nSPS) is 10.7. The summed E-state index contributed by atoms with van der Waals surface area (Å²) in [6, 6.07) is 19.5. The first-order chi connectivity index (χ1) is 15.5. The third-order valence-electron chi connectivity index (χ3n) is 5.27. The average Bonchev–Trinajstić information content (AvgIpc) is 3.17. The van der Waals surface area contributed by atoms with E-state index >= 15 is 0 Å². The topological polar surface area (TPSA) is 77.8 Å². The maximum absolute atomic E-state index is 13.1. The van der Waals surface area contributed by atoms with Gasteiger partial charge in [0.15, 0.2) is 12.4 Å². The predicted molar refractivity (Wildman–Crippen MR) is 123 cm³/mol. The summed E-state index contributed by atoms with van der Waals surface area (Å²) in [5.74, 6) is 0.585. The number of carbonyl (C=O) groups is 2. The molecule has 0 aliphatic carbocycles. The van der Waals surface area contributed by atoms with Crippen molar-refractivity contribution in [1.82, 2.24) is 0 Å². The Labute approximate surface area is 185 Å².